The largest absolute Gasteiger partial charge is 0.462 e. The number of hydrogen-bond donors (Lipinski definition) is 0. The van der Waals surface area contributed by atoms with Crippen molar-refractivity contribution in [1.82, 2.24) is 0 Å². The van der Waals surface area contributed by atoms with Gasteiger partial charge in [0.1, 0.15) is 13.2 Å². The average Bonchev–Trinajstić information content (AvgIpc) is 3.26. The molecule has 0 aliphatic rings. The van der Waals surface area contributed by atoms with Gasteiger partial charge in [-0.1, -0.05) is 244 Å². The molecule has 6 nitrogen and oxygen atoms in total. The van der Waals surface area contributed by atoms with Crippen LogP contribution in [0.5, 0.6) is 0 Å². The lowest BCUT2D eigenvalue weighted by Crippen LogP contribution is -2.30. The number of carbonyl (C=O) groups is 3. The third-order valence-corrected chi connectivity index (χ3v) is 12.0. The molecule has 0 aromatic rings. The number of unbranched alkanes of at least 4 members (excludes halogenated alkanes) is 34. The molecule has 0 heterocycles. The molecule has 0 amide bonds. The molecule has 61 heavy (non-hydrogen) atoms. The second kappa shape index (κ2) is 50.5. The molecule has 0 rings (SSSR count). The quantitative estimate of drug-likeness (QED) is 0.0262. The van der Waals surface area contributed by atoms with E-state index in [2.05, 4.69) is 45.1 Å². The summed E-state index contributed by atoms with van der Waals surface area (Å²) in [6.07, 6.45) is 57.6. The summed E-state index contributed by atoms with van der Waals surface area (Å²) in [5.74, 6) is -0.862. The SMILES string of the molecule is CCCCCCC/C=C\C/C=C\CCCCCCCCCCCCCCCC(=O)OCC(COC(=O)CCCCCCCCC)OC(=O)CCCCCCCCCCCCC. The van der Waals surface area contributed by atoms with Crippen LogP contribution in [0.25, 0.3) is 0 Å². The van der Waals surface area contributed by atoms with Gasteiger partial charge in [0.15, 0.2) is 6.10 Å². The molecular weight excluding hydrogens is 757 g/mol. The standard InChI is InChI=1S/C55H102O6/c1-4-7-10-13-16-18-20-21-22-23-24-25-26-27-28-29-30-31-32-33-35-36-39-42-45-48-54(57)60-51-52(50-59-53(56)47-44-41-38-15-12-9-6-3)61-55(58)49-46-43-40-37-34-19-17-14-11-8-5-2/h20-21,23-24,52H,4-19,22,25-51H2,1-3H3/b21-20-,24-23-. The van der Waals surface area contributed by atoms with E-state index in [-0.39, 0.29) is 31.1 Å². The van der Waals surface area contributed by atoms with Crippen LogP contribution in [0.3, 0.4) is 0 Å². The Bertz CT molecular complexity index is 989. The number of carbonyl (C=O) groups excluding carboxylic acids is 3. The van der Waals surface area contributed by atoms with Crippen molar-refractivity contribution in [2.75, 3.05) is 13.2 Å². The van der Waals surface area contributed by atoms with E-state index in [1.807, 2.05) is 0 Å². The fraction of sp³-hybridized carbons (Fsp3) is 0.873. The van der Waals surface area contributed by atoms with Crippen LogP contribution in [0.1, 0.15) is 290 Å². The number of rotatable bonds is 49. The summed E-state index contributed by atoms with van der Waals surface area (Å²) < 4.78 is 16.7. The first kappa shape index (κ1) is 58.9. The minimum atomic E-state index is -0.762. The van der Waals surface area contributed by atoms with Gasteiger partial charge >= 0.3 is 17.9 Å². The van der Waals surface area contributed by atoms with Gasteiger partial charge < -0.3 is 14.2 Å². The zero-order valence-electron chi connectivity index (χ0n) is 40.9. The lowest BCUT2D eigenvalue weighted by Gasteiger charge is -2.18. The van der Waals surface area contributed by atoms with Gasteiger partial charge in [0, 0.05) is 19.3 Å². The predicted octanol–water partition coefficient (Wildman–Crippen LogP) is 17.5. The van der Waals surface area contributed by atoms with E-state index in [1.54, 1.807) is 0 Å². The summed E-state index contributed by atoms with van der Waals surface area (Å²) in [6.45, 7) is 6.60. The molecule has 0 aliphatic carbocycles. The molecule has 0 aromatic carbocycles. The summed E-state index contributed by atoms with van der Waals surface area (Å²) in [5, 5.41) is 0. The summed E-state index contributed by atoms with van der Waals surface area (Å²) >= 11 is 0. The molecule has 0 saturated heterocycles. The zero-order valence-corrected chi connectivity index (χ0v) is 40.9. The van der Waals surface area contributed by atoms with Crippen LogP contribution >= 0.6 is 0 Å². The Kier molecular flexibility index (Phi) is 48.8. The fourth-order valence-electron chi connectivity index (χ4n) is 7.89. The van der Waals surface area contributed by atoms with Crippen molar-refractivity contribution in [3.63, 3.8) is 0 Å². The van der Waals surface area contributed by atoms with Crippen molar-refractivity contribution in [3.8, 4) is 0 Å². The molecule has 0 spiro atoms. The predicted molar refractivity (Wildman–Crippen MR) is 261 cm³/mol. The van der Waals surface area contributed by atoms with Crippen molar-refractivity contribution < 1.29 is 28.6 Å². The lowest BCUT2D eigenvalue weighted by atomic mass is 10.0. The van der Waals surface area contributed by atoms with Gasteiger partial charge in [-0.05, 0) is 51.4 Å². The molecule has 0 aliphatic heterocycles. The van der Waals surface area contributed by atoms with Crippen LogP contribution < -0.4 is 0 Å². The Morgan fingerprint density at radius 1 is 0.328 bits per heavy atom. The van der Waals surface area contributed by atoms with E-state index in [9.17, 15) is 14.4 Å². The van der Waals surface area contributed by atoms with Crippen molar-refractivity contribution in [2.24, 2.45) is 0 Å². The first-order chi connectivity index (χ1) is 30.0. The summed E-state index contributed by atoms with van der Waals surface area (Å²) in [7, 11) is 0. The second-order valence-corrected chi connectivity index (χ2v) is 18.2. The van der Waals surface area contributed by atoms with E-state index >= 15 is 0 Å². The smallest absolute Gasteiger partial charge is 0.306 e. The van der Waals surface area contributed by atoms with E-state index < -0.39 is 6.10 Å². The molecule has 0 fully saturated rings. The maximum atomic E-state index is 12.7. The number of hydrogen-bond acceptors (Lipinski definition) is 6. The minimum Gasteiger partial charge on any atom is -0.462 e. The highest BCUT2D eigenvalue weighted by molar-refractivity contribution is 5.71. The topological polar surface area (TPSA) is 78.9 Å². The molecule has 1 atom stereocenters. The third kappa shape index (κ3) is 48.8. The molecular formula is C55H102O6. The Morgan fingerprint density at radius 3 is 0.902 bits per heavy atom. The average molecular weight is 859 g/mol. The van der Waals surface area contributed by atoms with Crippen molar-refractivity contribution in [3.05, 3.63) is 24.3 Å². The molecule has 6 heteroatoms. The first-order valence-corrected chi connectivity index (χ1v) is 26.8. The van der Waals surface area contributed by atoms with Crippen LogP contribution in [0.2, 0.25) is 0 Å². The Morgan fingerprint density at radius 2 is 0.590 bits per heavy atom. The fourth-order valence-corrected chi connectivity index (χ4v) is 7.89. The van der Waals surface area contributed by atoms with E-state index in [4.69, 9.17) is 14.2 Å². The molecule has 0 N–H and O–H groups in total. The van der Waals surface area contributed by atoms with Gasteiger partial charge in [-0.15, -0.1) is 0 Å². The van der Waals surface area contributed by atoms with Crippen LogP contribution in [-0.2, 0) is 28.6 Å². The highest BCUT2D eigenvalue weighted by Crippen LogP contribution is 2.16. The highest BCUT2D eigenvalue weighted by atomic mass is 16.6. The van der Waals surface area contributed by atoms with Crippen molar-refractivity contribution >= 4 is 17.9 Å². The maximum absolute atomic E-state index is 12.7. The molecule has 358 valence electrons. The van der Waals surface area contributed by atoms with Gasteiger partial charge in [0.2, 0.25) is 0 Å². The Hall–Kier alpha value is -2.11. The van der Waals surface area contributed by atoms with Gasteiger partial charge in [0.25, 0.3) is 0 Å². The van der Waals surface area contributed by atoms with Gasteiger partial charge in [0.05, 0.1) is 0 Å². The van der Waals surface area contributed by atoms with E-state index in [0.717, 1.165) is 64.2 Å². The van der Waals surface area contributed by atoms with Crippen molar-refractivity contribution in [2.45, 2.75) is 297 Å². The summed E-state index contributed by atoms with van der Waals surface area (Å²) in [6, 6.07) is 0. The van der Waals surface area contributed by atoms with Crippen molar-refractivity contribution in [1.29, 1.82) is 0 Å². The summed E-state index contributed by atoms with van der Waals surface area (Å²) in [4.78, 5) is 37.7. The van der Waals surface area contributed by atoms with Gasteiger partial charge in [-0.2, -0.15) is 0 Å². The molecule has 0 saturated carbocycles. The molecule has 0 bridgehead atoms. The van der Waals surface area contributed by atoms with Crippen LogP contribution in [0.4, 0.5) is 0 Å². The summed E-state index contributed by atoms with van der Waals surface area (Å²) in [5.41, 5.74) is 0. The first-order valence-electron chi connectivity index (χ1n) is 26.8. The lowest BCUT2D eigenvalue weighted by molar-refractivity contribution is -0.167. The maximum Gasteiger partial charge on any atom is 0.306 e. The van der Waals surface area contributed by atoms with Gasteiger partial charge in [-0.3, -0.25) is 14.4 Å². The molecule has 1 unspecified atom stereocenters. The molecule has 0 radical (unpaired) electrons. The van der Waals surface area contributed by atoms with Gasteiger partial charge in [-0.25, -0.2) is 0 Å². The second-order valence-electron chi connectivity index (χ2n) is 18.2. The third-order valence-electron chi connectivity index (χ3n) is 12.0. The number of esters is 3. The highest BCUT2D eigenvalue weighted by Gasteiger charge is 2.19. The monoisotopic (exact) mass is 859 g/mol. The number of allylic oxidation sites excluding steroid dienone is 4. The Balaban J connectivity index is 4.06. The number of ether oxygens (including phenoxy) is 3. The zero-order chi connectivity index (χ0) is 44.4. The Labute approximate surface area is 379 Å². The van der Waals surface area contributed by atoms with Crippen LogP contribution in [0, 0.1) is 0 Å². The van der Waals surface area contributed by atoms with E-state index in [1.165, 1.54) is 186 Å². The normalized spacial score (nSPS) is 12.1. The minimum absolute atomic E-state index is 0.0671. The van der Waals surface area contributed by atoms with Crippen LogP contribution in [-0.4, -0.2) is 37.2 Å². The molecule has 0 aromatic heterocycles. The van der Waals surface area contributed by atoms with Crippen LogP contribution in [0.15, 0.2) is 24.3 Å². The van der Waals surface area contributed by atoms with E-state index in [0.29, 0.717) is 19.3 Å².